The number of aromatic nitrogens is 3. The zero-order valence-electron chi connectivity index (χ0n) is 11.9. The standard InChI is InChI=1S/C15H12BF2N3O/c1-2-14-19-3-4-21(14)8-10-7-13(22-20-10)15-11(17)5-9(16)6-12(15)18/h3-7H,2,8H2,1H3. The van der Waals surface area contributed by atoms with Crippen molar-refractivity contribution in [3.8, 4) is 11.3 Å². The van der Waals surface area contributed by atoms with Crippen molar-refractivity contribution < 1.29 is 13.3 Å². The monoisotopic (exact) mass is 299 g/mol. The molecule has 0 aliphatic carbocycles. The highest BCUT2D eigenvalue weighted by Gasteiger charge is 2.17. The van der Waals surface area contributed by atoms with Crippen LogP contribution in [-0.4, -0.2) is 22.6 Å². The first-order valence-electron chi connectivity index (χ1n) is 6.79. The van der Waals surface area contributed by atoms with Crippen molar-refractivity contribution >= 4 is 13.3 Å². The molecule has 2 radical (unpaired) electrons. The molecule has 110 valence electrons. The van der Waals surface area contributed by atoms with Gasteiger partial charge in [-0.1, -0.05) is 17.5 Å². The highest BCUT2D eigenvalue weighted by Crippen LogP contribution is 2.26. The molecule has 0 amide bonds. The van der Waals surface area contributed by atoms with Crippen LogP contribution in [0.15, 0.2) is 35.1 Å². The predicted octanol–water partition coefficient (Wildman–Crippen LogP) is 2.22. The summed E-state index contributed by atoms with van der Waals surface area (Å²) < 4.78 is 34.7. The summed E-state index contributed by atoms with van der Waals surface area (Å²) in [5, 5.41) is 3.86. The molecule has 2 aromatic heterocycles. The molecule has 0 saturated heterocycles. The fraction of sp³-hybridized carbons (Fsp3) is 0.200. The van der Waals surface area contributed by atoms with Crippen LogP contribution < -0.4 is 5.46 Å². The van der Waals surface area contributed by atoms with Crippen molar-refractivity contribution in [3.63, 3.8) is 0 Å². The number of imidazole rings is 1. The molecule has 0 aliphatic rings. The van der Waals surface area contributed by atoms with Gasteiger partial charge in [0, 0.05) is 24.9 Å². The SMILES string of the molecule is [B]c1cc(F)c(-c2cc(Cn3ccnc3CC)no2)c(F)c1. The van der Waals surface area contributed by atoms with E-state index >= 15 is 0 Å². The summed E-state index contributed by atoms with van der Waals surface area (Å²) in [4.78, 5) is 4.20. The minimum absolute atomic E-state index is 0.0180. The molecule has 0 unspecified atom stereocenters. The fourth-order valence-corrected chi connectivity index (χ4v) is 2.31. The average Bonchev–Trinajstić information content (AvgIpc) is 3.07. The van der Waals surface area contributed by atoms with E-state index in [4.69, 9.17) is 12.4 Å². The molecule has 0 spiro atoms. The number of hydrogen-bond acceptors (Lipinski definition) is 3. The van der Waals surface area contributed by atoms with E-state index in [0.29, 0.717) is 12.2 Å². The summed E-state index contributed by atoms with van der Waals surface area (Å²) in [6.07, 6.45) is 4.29. The summed E-state index contributed by atoms with van der Waals surface area (Å²) in [5.41, 5.74) is 0.303. The molecule has 0 aliphatic heterocycles. The average molecular weight is 299 g/mol. The van der Waals surface area contributed by atoms with E-state index in [0.717, 1.165) is 24.4 Å². The van der Waals surface area contributed by atoms with Crippen LogP contribution in [0.3, 0.4) is 0 Å². The third kappa shape index (κ3) is 2.66. The van der Waals surface area contributed by atoms with E-state index in [1.54, 1.807) is 6.20 Å². The van der Waals surface area contributed by atoms with E-state index < -0.39 is 11.6 Å². The number of aryl methyl sites for hydroxylation is 1. The van der Waals surface area contributed by atoms with Gasteiger partial charge in [0.25, 0.3) is 0 Å². The molecule has 7 heteroatoms. The Balaban J connectivity index is 1.92. The molecule has 3 rings (SSSR count). The maximum Gasteiger partial charge on any atom is 0.173 e. The van der Waals surface area contributed by atoms with Gasteiger partial charge in [0.15, 0.2) is 5.76 Å². The van der Waals surface area contributed by atoms with Crippen molar-refractivity contribution in [1.29, 1.82) is 0 Å². The van der Waals surface area contributed by atoms with Crippen LogP contribution in [0, 0.1) is 11.6 Å². The van der Waals surface area contributed by atoms with Crippen LogP contribution >= 0.6 is 0 Å². The molecule has 22 heavy (non-hydrogen) atoms. The first-order chi connectivity index (χ1) is 10.6. The third-order valence-corrected chi connectivity index (χ3v) is 3.32. The first-order valence-corrected chi connectivity index (χ1v) is 6.79. The van der Waals surface area contributed by atoms with Crippen molar-refractivity contribution in [2.24, 2.45) is 0 Å². The summed E-state index contributed by atoms with van der Waals surface area (Å²) in [5.74, 6) is -0.633. The number of halogens is 2. The second-order valence-corrected chi connectivity index (χ2v) is 4.87. The number of hydrogen-bond donors (Lipinski definition) is 0. The topological polar surface area (TPSA) is 43.9 Å². The zero-order valence-corrected chi connectivity index (χ0v) is 11.9. The van der Waals surface area contributed by atoms with Gasteiger partial charge in [0.05, 0.1) is 12.1 Å². The van der Waals surface area contributed by atoms with Crippen molar-refractivity contribution in [1.82, 2.24) is 14.7 Å². The minimum atomic E-state index is -0.780. The van der Waals surface area contributed by atoms with Gasteiger partial charge in [0.2, 0.25) is 0 Å². The lowest BCUT2D eigenvalue weighted by molar-refractivity contribution is 0.416. The summed E-state index contributed by atoms with van der Waals surface area (Å²) in [7, 11) is 5.40. The first kappa shape index (κ1) is 14.5. The van der Waals surface area contributed by atoms with Crippen LogP contribution in [0.1, 0.15) is 18.4 Å². The second kappa shape index (κ2) is 5.75. The Morgan fingerprint density at radius 2 is 1.95 bits per heavy atom. The molecular weight excluding hydrogens is 287 g/mol. The summed E-state index contributed by atoms with van der Waals surface area (Å²) in [6, 6.07) is 3.61. The molecule has 0 atom stereocenters. The fourth-order valence-electron chi connectivity index (χ4n) is 2.31. The summed E-state index contributed by atoms with van der Waals surface area (Å²) in [6.45, 7) is 2.41. The molecular formula is C15H12BF2N3O. The molecule has 0 saturated carbocycles. The Morgan fingerprint density at radius 3 is 2.64 bits per heavy atom. The number of nitrogens with zero attached hydrogens (tertiary/aromatic N) is 3. The van der Waals surface area contributed by atoms with Gasteiger partial charge in [-0.3, -0.25) is 0 Å². The van der Waals surface area contributed by atoms with Crippen LogP contribution in [0.25, 0.3) is 11.3 Å². The quantitative estimate of drug-likeness (QED) is 0.694. The van der Waals surface area contributed by atoms with Gasteiger partial charge >= 0.3 is 0 Å². The highest BCUT2D eigenvalue weighted by atomic mass is 19.1. The van der Waals surface area contributed by atoms with E-state index in [2.05, 4.69) is 10.1 Å². The number of rotatable bonds is 4. The van der Waals surface area contributed by atoms with Gasteiger partial charge in [-0.15, -0.1) is 0 Å². The van der Waals surface area contributed by atoms with Gasteiger partial charge in [-0.25, -0.2) is 13.8 Å². The normalized spacial score (nSPS) is 11.0. The maximum absolute atomic E-state index is 13.9. The van der Waals surface area contributed by atoms with Crippen molar-refractivity contribution in [2.75, 3.05) is 0 Å². The maximum atomic E-state index is 13.9. The molecule has 2 heterocycles. The minimum Gasteiger partial charge on any atom is -0.356 e. The van der Waals surface area contributed by atoms with Gasteiger partial charge in [-0.05, 0) is 12.1 Å². The predicted molar refractivity (Wildman–Crippen MR) is 78.0 cm³/mol. The Hall–Kier alpha value is -2.44. The number of benzene rings is 1. The Bertz CT molecular complexity index is 790. The Labute approximate surface area is 127 Å². The molecule has 0 bridgehead atoms. The molecule has 0 N–H and O–H groups in total. The lowest BCUT2D eigenvalue weighted by Gasteiger charge is -2.03. The van der Waals surface area contributed by atoms with E-state index in [9.17, 15) is 8.78 Å². The van der Waals surface area contributed by atoms with Gasteiger partial charge in [-0.2, -0.15) is 0 Å². The highest BCUT2D eigenvalue weighted by molar-refractivity contribution is 6.32. The molecule has 4 nitrogen and oxygen atoms in total. The smallest absolute Gasteiger partial charge is 0.173 e. The van der Waals surface area contributed by atoms with Gasteiger partial charge in [0.1, 0.15) is 31.0 Å². The molecule has 0 fully saturated rings. The van der Waals surface area contributed by atoms with Crippen molar-refractivity contribution in [2.45, 2.75) is 19.9 Å². The second-order valence-electron chi connectivity index (χ2n) is 4.87. The van der Waals surface area contributed by atoms with Crippen molar-refractivity contribution in [3.05, 3.63) is 53.7 Å². The molecule has 1 aromatic carbocycles. The van der Waals surface area contributed by atoms with E-state index in [1.165, 1.54) is 6.07 Å². The van der Waals surface area contributed by atoms with Crippen LogP contribution in [0.5, 0.6) is 0 Å². The van der Waals surface area contributed by atoms with Crippen LogP contribution in [0.2, 0.25) is 0 Å². The lowest BCUT2D eigenvalue weighted by Crippen LogP contribution is -2.06. The largest absolute Gasteiger partial charge is 0.356 e. The zero-order chi connectivity index (χ0) is 15.7. The third-order valence-electron chi connectivity index (χ3n) is 3.32. The van der Waals surface area contributed by atoms with Crippen LogP contribution in [0.4, 0.5) is 8.78 Å². The molecule has 3 aromatic rings. The van der Waals surface area contributed by atoms with Crippen LogP contribution in [-0.2, 0) is 13.0 Å². The van der Waals surface area contributed by atoms with Gasteiger partial charge < -0.3 is 9.09 Å². The Morgan fingerprint density at radius 1 is 1.23 bits per heavy atom. The van der Waals surface area contributed by atoms with E-state index in [1.807, 2.05) is 17.7 Å². The van der Waals surface area contributed by atoms with E-state index in [-0.39, 0.29) is 16.8 Å². The Kier molecular flexibility index (Phi) is 3.79. The lowest BCUT2D eigenvalue weighted by atomic mass is 9.94. The summed E-state index contributed by atoms with van der Waals surface area (Å²) >= 11 is 0.